The molecule has 9 nitrogen and oxygen atoms in total. The van der Waals surface area contributed by atoms with Crippen LogP contribution in [0.25, 0.3) is 22.4 Å². The average Bonchev–Trinajstić information content (AvgIpc) is 3.40. The van der Waals surface area contributed by atoms with E-state index >= 15 is 0 Å². The first-order valence-corrected chi connectivity index (χ1v) is 12.9. The third-order valence-corrected chi connectivity index (χ3v) is 6.90. The molecule has 2 aromatic heterocycles. The summed E-state index contributed by atoms with van der Waals surface area (Å²) in [6.45, 7) is 3.57. The fourth-order valence-electron chi connectivity index (χ4n) is 4.93. The van der Waals surface area contributed by atoms with Crippen LogP contribution in [-0.2, 0) is 28.7 Å². The maximum Gasteiger partial charge on any atom is 0.433 e. The standard InChI is InChI=1S/C29H27F3N4O5/c1-4-40-28(38)20-13-16-7-5-6-8-17(16)14-36(20)27(37)24-25(15(2)33)41-26(35-24)19-9-11-21(39-3)23-18(19)10-12-22(34-23)29(30,31)32/h5-12,15,20H,4,13-14,33H2,1-3H3/t15-,20-/m0/s1. The van der Waals surface area contributed by atoms with Crippen LogP contribution in [0.4, 0.5) is 13.2 Å². The van der Waals surface area contributed by atoms with Crippen LogP contribution < -0.4 is 10.5 Å². The smallest absolute Gasteiger partial charge is 0.433 e. The fraction of sp³-hybridized carbons (Fsp3) is 0.310. The van der Waals surface area contributed by atoms with Crippen molar-refractivity contribution in [3.05, 3.63) is 76.8 Å². The van der Waals surface area contributed by atoms with Gasteiger partial charge in [-0.1, -0.05) is 24.3 Å². The van der Waals surface area contributed by atoms with Crippen LogP contribution in [0.15, 0.2) is 52.9 Å². The van der Waals surface area contributed by atoms with E-state index in [2.05, 4.69) is 9.97 Å². The molecule has 0 bridgehead atoms. The Morgan fingerprint density at radius 1 is 1.12 bits per heavy atom. The Labute approximate surface area is 233 Å². The zero-order valence-electron chi connectivity index (χ0n) is 22.5. The number of hydrogen-bond donors (Lipinski definition) is 1. The van der Waals surface area contributed by atoms with Crippen molar-refractivity contribution >= 4 is 22.8 Å². The summed E-state index contributed by atoms with van der Waals surface area (Å²) < 4.78 is 56.7. The van der Waals surface area contributed by atoms with Crippen LogP contribution >= 0.6 is 0 Å². The van der Waals surface area contributed by atoms with Gasteiger partial charge in [-0.25, -0.2) is 14.8 Å². The van der Waals surface area contributed by atoms with Crippen molar-refractivity contribution in [2.75, 3.05) is 13.7 Å². The van der Waals surface area contributed by atoms with Crippen molar-refractivity contribution in [1.29, 1.82) is 0 Å². The van der Waals surface area contributed by atoms with Gasteiger partial charge >= 0.3 is 12.1 Å². The zero-order chi connectivity index (χ0) is 29.5. The zero-order valence-corrected chi connectivity index (χ0v) is 22.5. The predicted octanol–water partition coefficient (Wildman–Crippen LogP) is 5.07. The number of halogens is 3. The van der Waals surface area contributed by atoms with Crippen LogP contribution in [0.5, 0.6) is 5.75 Å². The fourth-order valence-corrected chi connectivity index (χ4v) is 4.93. The lowest BCUT2D eigenvalue weighted by Gasteiger charge is -2.35. The molecular weight excluding hydrogens is 541 g/mol. The molecule has 1 aliphatic rings. The summed E-state index contributed by atoms with van der Waals surface area (Å²) in [5, 5.41) is 0.269. The van der Waals surface area contributed by atoms with Gasteiger partial charge in [0, 0.05) is 23.9 Å². The summed E-state index contributed by atoms with van der Waals surface area (Å²) in [7, 11) is 1.32. The van der Waals surface area contributed by atoms with Crippen LogP contribution in [-0.4, -0.2) is 46.5 Å². The van der Waals surface area contributed by atoms with E-state index in [1.54, 1.807) is 19.9 Å². The number of nitrogens with two attached hydrogens (primary N) is 1. The molecule has 0 radical (unpaired) electrons. The minimum absolute atomic E-state index is 0.0417. The highest BCUT2D eigenvalue weighted by molar-refractivity contribution is 5.99. The number of oxazole rings is 1. The SMILES string of the molecule is CCOC(=O)[C@@H]1Cc2ccccc2CN1C(=O)c1nc(-c2ccc(OC)c3nc(C(F)(F)F)ccc23)oc1[C@H](C)N. The topological polar surface area (TPSA) is 121 Å². The van der Waals surface area contributed by atoms with Crippen LogP contribution in [0, 0.1) is 0 Å². The van der Waals surface area contributed by atoms with Crippen molar-refractivity contribution in [2.45, 2.75) is 45.1 Å². The molecule has 5 rings (SSSR count). The number of methoxy groups -OCH3 is 1. The summed E-state index contributed by atoms with van der Waals surface area (Å²) in [6, 6.07) is 10.9. The van der Waals surface area contributed by atoms with E-state index in [1.807, 2.05) is 24.3 Å². The summed E-state index contributed by atoms with van der Waals surface area (Å²) in [4.78, 5) is 36.5. The highest BCUT2D eigenvalue weighted by Crippen LogP contribution is 2.38. The third-order valence-electron chi connectivity index (χ3n) is 6.90. The minimum Gasteiger partial charge on any atom is -0.494 e. The maximum atomic E-state index is 14.0. The van der Waals surface area contributed by atoms with E-state index < -0.39 is 35.8 Å². The molecule has 0 unspecified atom stereocenters. The average molecular weight is 569 g/mol. The van der Waals surface area contributed by atoms with E-state index in [0.717, 1.165) is 17.2 Å². The summed E-state index contributed by atoms with van der Waals surface area (Å²) in [5.74, 6) is -0.992. The number of carbonyl (C=O) groups is 2. The molecule has 0 aliphatic carbocycles. The Morgan fingerprint density at radius 3 is 2.51 bits per heavy atom. The normalized spacial score (nSPS) is 15.9. The summed E-state index contributed by atoms with van der Waals surface area (Å²) in [5.41, 5.74) is 7.01. The molecule has 1 aliphatic heterocycles. The van der Waals surface area contributed by atoms with Gasteiger partial charge in [0.25, 0.3) is 5.91 Å². The van der Waals surface area contributed by atoms with Crippen molar-refractivity contribution in [3.63, 3.8) is 0 Å². The lowest BCUT2D eigenvalue weighted by molar-refractivity contribution is -0.149. The number of alkyl halides is 3. The highest BCUT2D eigenvalue weighted by atomic mass is 19.4. The van der Waals surface area contributed by atoms with Crippen LogP contribution in [0.1, 0.15) is 53.0 Å². The van der Waals surface area contributed by atoms with E-state index in [-0.39, 0.29) is 59.1 Å². The second kappa shape index (κ2) is 10.8. The van der Waals surface area contributed by atoms with Crippen LogP contribution in [0.3, 0.4) is 0 Å². The van der Waals surface area contributed by atoms with E-state index in [4.69, 9.17) is 19.6 Å². The summed E-state index contributed by atoms with van der Waals surface area (Å²) >= 11 is 0. The molecule has 4 aromatic rings. The second-order valence-corrected chi connectivity index (χ2v) is 9.60. The van der Waals surface area contributed by atoms with E-state index in [9.17, 15) is 22.8 Å². The molecule has 2 aromatic carbocycles. The number of aromatic nitrogens is 2. The van der Waals surface area contributed by atoms with Gasteiger partial charge in [-0.15, -0.1) is 0 Å². The summed E-state index contributed by atoms with van der Waals surface area (Å²) in [6.07, 6.45) is -4.41. The molecule has 0 saturated heterocycles. The molecule has 0 spiro atoms. The molecule has 2 N–H and O–H groups in total. The van der Waals surface area contributed by atoms with E-state index in [0.29, 0.717) is 0 Å². The third kappa shape index (κ3) is 5.22. The molecule has 2 atom stereocenters. The van der Waals surface area contributed by atoms with Gasteiger partial charge in [-0.3, -0.25) is 4.79 Å². The molecule has 0 saturated carbocycles. The van der Waals surface area contributed by atoms with Gasteiger partial charge in [0.2, 0.25) is 5.89 Å². The maximum absolute atomic E-state index is 14.0. The van der Waals surface area contributed by atoms with E-state index in [1.165, 1.54) is 24.1 Å². The Balaban J connectivity index is 1.61. The predicted molar refractivity (Wildman–Crippen MR) is 142 cm³/mol. The number of fused-ring (bicyclic) bond motifs is 2. The second-order valence-electron chi connectivity index (χ2n) is 9.60. The molecule has 1 amide bonds. The largest absolute Gasteiger partial charge is 0.494 e. The van der Waals surface area contributed by atoms with Gasteiger partial charge in [0.15, 0.2) is 11.5 Å². The quantitative estimate of drug-likeness (QED) is 0.320. The number of esters is 1. The number of nitrogens with zero attached hydrogens (tertiary/aromatic N) is 3. The van der Waals surface area contributed by atoms with Gasteiger partial charge < -0.3 is 24.5 Å². The molecule has 3 heterocycles. The first-order chi connectivity index (χ1) is 19.5. The monoisotopic (exact) mass is 568 g/mol. The van der Waals surface area contributed by atoms with Crippen LogP contribution in [0.2, 0.25) is 0 Å². The lowest BCUT2D eigenvalue weighted by Crippen LogP contribution is -2.49. The van der Waals surface area contributed by atoms with Gasteiger partial charge in [0.05, 0.1) is 19.8 Å². The number of rotatable bonds is 6. The first kappa shape index (κ1) is 28.1. The Bertz CT molecular complexity index is 1630. The Kier molecular flexibility index (Phi) is 7.43. The molecule has 41 heavy (non-hydrogen) atoms. The van der Waals surface area contributed by atoms with Gasteiger partial charge in [-0.05, 0) is 49.2 Å². The molecule has 214 valence electrons. The van der Waals surface area contributed by atoms with Crippen molar-refractivity contribution < 1.29 is 36.7 Å². The van der Waals surface area contributed by atoms with Gasteiger partial charge in [0.1, 0.15) is 23.0 Å². The number of carbonyl (C=O) groups excluding carboxylic acids is 2. The lowest BCUT2D eigenvalue weighted by atomic mass is 9.93. The van der Waals surface area contributed by atoms with Crippen molar-refractivity contribution in [3.8, 4) is 17.2 Å². The molecular formula is C29H27F3N4O5. The number of hydrogen-bond acceptors (Lipinski definition) is 8. The van der Waals surface area contributed by atoms with Gasteiger partial charge in [-0.2, -0.15) is 13.2 Å². The van der Waals surface area contributed by atoms with Crippen molar-refractivity contribution in [1.82, 2.24) is 14.9 Å². The number of amides is 1. The minimum atomic E-state index is -4.66. The number of benzene rings is 2. The Hall–Kier alpha value is -4.45. The Morgan fingerprint density at radius 2 is 1.85 bits per heavy atom. The molecule has 12 heteroatoms. The molecule has 0 fully saturated rings. The number of pyridine rings is 1. The highest BCUT2D eigenvalue weighted by Gasteiger charge is 2.39. The number of ether oxygens (including phenoxy) is 2. The first-order valence-electron chi connectivity index (χ1n) is 12.9. The van der Waals surface area contributed by atoms with Crippen molar-refractivity contribution in [2.24, 2.45) is 5.73 Å².